The van der Waals surface area contributed by atoms with E-state index in [1.165, 1.54) is 15.0 Å². The molecule has 0 aliphatic carbocycles. The average molecular weight is 260 g/mol. The minimum absolute atomic E-state index is 0.480. The fourth-order valence-corrected chi connectivity index (χ4v) is 3.90. The molecule has 3 heteroatoms. The summed E-state index contributed by atoms with van der Waals surface area (Å²) in [4.78, 5) is 3.28. The van der Waals surface area contributed by atoms with Crippen molar-refractivity contribution < 1.29 is 5.11 Å². The highest BCUT2D eigenvalue weighted by molar-refractivity contribution is 7.19. The van der Waals surface area contributed by atoms with Crippen molar-refractivity contribution in [2.45, 2.75) is 13.0 Å². The lowest BCUT2D eigenvalue weighted by Crippen LogP contribution is -1.92. The van der Waals surface area contributed by atoms with Gasteiger partial charge in [-0.2, -0.15) is 0 Å². The summed E-state index contributed by atoms with van der Waals surface area (Å²) in [5.41, 5.74) is 0. The number of aryl methyl sites for hydroxylation is 1. The quantitative estimate of drug-likeness (QED) is 0.726. The SMILES string of the molecule is Cc1ccc(C(O)c2cc3ccccc3s2)s1. The van der Waals surface area contributed by atoms with Crippen LogP contribution in [0, 0.1) is 6.92 Å². The first kappa shape index (κ1) is 11.0. The molecule has 0 bridgehead atoms. The van der Waals surface area contributed by atoms with Crippen LogP contribution in [-0.4, -0.2) is 5.11 Å². The monoisotopic (exact) mass is 260 g/mol. The van der Waals surface area contributed by atoms with Gasteiger partial charge in [0.1, 0.15) is 6.10 Å². The second-order valence-corrected chi connectivity index (χ2v) is 6.47. The Hall–Kier alpha value is -1.16. The van der Waals surface area contributed by atoms with Crippen LogP contribution in [0.3, 0.4) is 0 Å². The van der Waals surface area contributed by atoms with Crippen molar-refractivity contribution >= 4 is 32.8 Å². The van der Waals surface area contributed by atoms with Gasteiger partial charge in [-0.3, -0.25) is 0 Å². The maximum atomic E-state index is 10.3. The third-order valence-electron chi connectivity index (χ3n) is 2.74. The Kier molecular flexibility index (Phi) is 2.74. The van der Waals surface area contributed by atoms with E-state index < -0.39 is 6.10 Å². The van der Waals surface area contributed by atoms with Crippen molar-refractivity contribution in [2.75, 3.05) is 0 Å². The second kappa shape index (κ2) is 4.26. The van der Waals surface area contributed by atoms with Crippen LogP contribution in [0.5, 0.6) is 0 Å². The van der Waals surface area contributed by atoms with Crippen molar-refractivity contribution in [1.82, 2.24) is 0 Å². The van der Waals surface area contributed by atoms with Gasteiger partial charge in [0.25, 0.3) is 0 Å². The zero-order valence-corrected chi connectivity index (χ0v) is 11.0. The first-order valence-electron chi connectivity index (χ1n) is 5.47. The van der Waals surface area contributed by atoms with Crippen LogP contribution in [0.4, 0.5) is 0 Å². The molecule has 86 valence electrons. The molecule has 0 saturated carbocycles. The Morgan fingerprint density at radius 1 is 1.00 bits per heavy atom. The van der Waals surface area contributed by atoms with Gasteiger partial charge in [0, 0.05) is 19.3 Å². The minimum Gasteiger partial charge on any atom is -0.382 e. The smallest absolute Gasteiger partial charge is 0.122 e. The van der Waals surface area contributed by atoms with E-state index in [0.29, 0.717) is 0 Å². The summed E-state index contributed by atoms with van der Waals surface area (Å²) in [6, 6.07) is 14.4. The van der Waals surface area contributed by atoms with E-state index >= 15 is 0 Å². The molecule has 3 aromatic rings. The van der Waals surface area contributed by atoms with Gasteiger partial charge in [-0.15, -0.1) is 22.7 Å². The molecular formula is C14H12OS2. The van der Waals surface area contributed by atoms with Crippen molar-refractivity contribution in [1.29, 1.82) is 0 Å². The molecule has 3 rings (SSSR count). The lowest BCUT2D eigenvalue weighted by molar-refractivity contribution is 0.228. The molecule has 0 amide bonds. The van der Waals surface area contributed by atoms with E-state index in [9.17, 15) is 5.11 Å². The summed E-state index contributed by atoms with van der Waals surface area (Å²) in [6.45, 7) is 2.06. The molecule has 1 nitrogen and oxygen atoms in total. The zero-order valence-electron chi connectivity index (χ0n) is 9.38. The largest absolute Gasteiger partial charge is 0.382 e. The Morgan fingerprint density at radius 3 is 2.53 bits per heavy atom. The van der Waals surface area contributed by atoms with Crippen LogP contribution >= 0.6 is 22.7 Å². The summed E-state index contributed by atoms with van der Waals surface area (Å²) in [7, 11) is 0. The standard InChI is InChI=1S/C14H12OS2/c1-9-6-7-12(16-9)14(15)13-8-10-4-2-3-5-11(10)17-13/h2-8,14-15H,1H3. The summed E-state index contributed by atoms with van der Waals surface area (Å²) in [5, 5.41) is 11.5. The van der Waals surface area contributed by atoms with E-state index in [1.807, 2.05) is 18.2 Å². The third kappa shape index (κ3) is 2.02. The molecular weight excluding hydrogens is 248 g/mol. The van der Waals surface area contributed by atoms with Gasteiger partial charge < -0.3 is 5.11 Å². The number of fused-ring (bicyclic) bond motifs is 1. The van der Waals surface area contributed by atoms with E-state index in [-0.39, 0.29) is 0 Å². The number of benzene rings is 1. The van der Waals surface area contributed by atoms with Gasteiger partial charge in [-0.1, -0.05) is 18.2 Å². The van der Waals surface area contributed by atoms with Gasteiger partial charge in [-0.25, -0.2) is 0 Å². The molecule has 0 aliphatic heterocycles. The van der Waals surface area contributed by atoms with Gasteiger partial charge in [-0.05, 0) is 36.6 Å². The van der Waals surface area contributed by atoms with Crippen LogP contribution in [0.1, 0.15) is 20.7 Å². The molecule has 0 aliphatic rings. The maximum absolute atomic E-state index is 10.3. The Morgan fingerprint density at radius 2 is 1.82 bits per heavy atom. The summed E-state index contributed by atoms with van der Waals surface area (Å²) in [6.07, 6.45) is -0.480. The predicted octanol–water partition coefficient (Wildman–Crippen LogP) is 4.35. The van der Waals surface area contributed by atoms with Crippen molar-refractivity contribution in [3.63, 3.8) is 0 Å². The van der Waals surface area contributed by atoms with E-state index in [4.69, 9.17) is 0 Å². The Balaban J connectivity index is 2.03. The lowest BCUT2D eigenvalue weighted by atomic mass is 10.2. The minimum atomic E-state index is -0.480. The average Bonchev–Trinajstić information content (AvgIpc) is 2.93. The normalized spacial score (nSPS) is 13.1. The number of rotatable bonds is 2. The first-order chi connectivity index (χ1) is 8.24. The predicted molar refractivity (Wildman–Crippen MR) is 74.9 cm³/mol. The Bertz CT molecular complexity index is 618. The number of thiophene rings is 2. The highest BCUT2D eigenvalue weighted by Gasteiger charge is 2.15. The number of aliphatic hydroxyl groups is 1. The highest BCUT2D eigenvalue weighted by Crippen LogP contribution is 2.35. The number of aliphatic hydroxyl groups excluding tert-OH is 1. The molecule has 1 aromatic carbocycles. The molecule has 0 saturated heterocycles. The Labute approximate surface area is 108 Å². The van der Waals surface area contributed by atoms with Gasteiger partial charge in [0.15, 0.2) is 0 Å². The lowest BCUT2D eigenvalue weighted by Gasteiger charge is -2.04. The molecule has 0 spiro atoms. The summed E-state index contributed by atoms with van der Waals surface area (Å²) < 4.78 is 1.23. The maximum Gasteiger partial charge on any atom is 0.122 e. The molecule has 1 unspecified atom stereocenters. The van der Waals surface area contributed by atoms with Crippen LogP contribution in [0.15, 0.2) is 42.5 Å². The van der Waals surface area contributed by atoms with Crippen LogP contribution in [-0.2, 0) is 0 Å². The fourth-order valence-electron chi connectivity index (χ4n) is 1.88. The molecule has 1 atom stereocenters. The fraction of sp³-hybridized carbons (Fsp3) is 0.143. The van der Waals surface area contributed by atoms with Crippen LogP contribution in [0.25, 0.3) is 10.1 Å². The summed E-state index contributed by atoms with van der Waals surface area (Å²) >= 11 is 3.32. The van der Waals surface area contributed by atoms with Gasteiger partial charge in [0.2, 0.25) is 0 Å². The molecule has 2 heterocycles. The van der Waals surface area contributed by atoms with Crippen molar-refractivity contribution in [3.8, 4) is 0 Å². The van der Waals surface area contributed by atoms with E-state index in [2.05, 4.69) is 31.2 Å². The van der Waals surface area contributed by atoms with E-state index in [0.717, 1.165) is 9.75 Å². The van der Waals surface area contributed by atoms with Crippen molar-refractivity contribution in [3.05, 3.63) is 57.1 Å². The molecule has 0 fully saturated rings. The van der Waals surface area contributed by atoms with Crippen LogP contribution in [0.2, 0.25) is 0 Å². The van der Waals surface area contributed by atoms with E-state index in [1.54, 1.807) is 22.7 Å². The van der Waals surface area contributed by atoms with Gasteiger partial charge in [0.05, 0.1) is 0 Å². The summed E-state index contributed by atoms with van der Waals surface area (Å²) in [5.74, 6) is 0. The second-order valence-electron chi connectivity index (χ2n) is 4.04. The van der Waals surface area contributed by atoms with Gasteiger partial charge >= 0.3 is 0 Å². The third-order valence-corrected chi connectivity index (χ3v) is 4.97. The van der Waals surface area contributed by atoms with Crippen LogP contribution < -0.4 is 0 Å². The number of hydrogen-bond donors (Lipinski definition) is 1. The molecule has 17 heavy (non-hydrogen) atoms. The topological polar surface area (TPSA) is 20.2 Å². The highest BCUT2D eigenvalue weighted by atomic mass is 32.1. The molecule has 1 N–H and O–H groups in total. The first-order valence-corrected chi connectivity index (χ1v) is 7.10. The molecule has 0 radical (unpaired) electrons. The zero-order chi connectivity index (χ0) is 11.8. The van der Waals surface area contributed by atoms with Crippen molar-refractivity contribution in [2.24, 2.45) is 0 Å². The number of hydrogen-bond acceptors (Lipinski definition) is 3. The molecule has 2 aromatic heterocycles.